The largest absolute Gasteiger partial charge is 0.297 e. The van der Waals surface area contributed by atoms with Gasteiger partial charge in [-0.1, -0.05) is 25.7 Å². The predicted molar refractivity (Wildman–Crippen MR) is 57.5 cm³/mol. The summed E-state index contributed by atoms with van der Waals surface area (Å²) >= 11 is 0. The van der Waals surface area contributed by atoms with Crippen LogP contribution < -0.4 is 0 Å². The Labute approximate surface area is 82.1 Å². The Bertz CT molecular complexity index is 193. The first-order chi connectivity index (χ1) is 6.24. The molecule has 0 spiro atoms. The zero-order chi connectivity index (χ0) is 9.68. The number of hydrogen-bond donors (Lipinski definition) is 0. The van der Waals surface area contributed by atoms with E-state index < -0.39 is 0 Å². The van der Waals surface area contributed by atoms with Crippen molar-refractivity contribution in [3.63, 3.8) is 0 Å². The van der Waals surface area contributed by atoms with E-state index >= 15 is 0 Å². The van der Waals surface area contributed by atoms with Gasteiger partial charge in [-0.3, -0.25) is 4.90 Å². The average Bonchev–Trinajstić information content (AvgIpc) is 2.52. The second-order valence-corrected chi connectivity index (χ2v) is 3.82. The molecule has 1 atom stereocenters. The molecular formula is C12H20N. The van der Waals surface area contributed by atoms with E-state index in [1.807, 2.05) is 6.08 Å². The minimum atomic E-state index is 0.757. The fourth-order valence-electron chi connectivity index (χ4n) is 1.72. The van der Waals surface area contributed by atoms with Crippen LogP contribution >= 0.6 is 0 Å². The predicted octanol–water partition coefficient (Wildman–Crippen LogP) is 2.80. The van der Waals surface area contributed by atoms with Crippen molar-refractivity contribution in [1.82, 2.24) is 4.90 Å². The molecule has 0 aromatic heterocycles. The summed E-state index contributed by atoms with van der Waals surface area (Å²) in [4.78, 5) is 2.50. The molecule has 0 N–H and O–H groups in total. The van der Waals surface area contributed by atoms with Crippen LogP contribution in [0.25, 0.3) is 0 Å². The van der Waals surface area contributed by atoms with Gasteiger partial charge in [0.05, 0.1) is 0 Å². The summed E-state index contributed by atoms with van der Waals surface area (Å²) in [5.74, 6) is 0. The molecule has 0 aromatic rings. The van der Waals surface area contributed by atoms with Crippen molar-refractivity contribution in [2.24, 2.45) is 0 Å². The lowest BCUT2D eigenvalue weighted by Crippen LogP contribution is -2.26. The molecule has 0 aliphatic carbocycles. The first kappa shape index (κ1) is 10.5. The van der Waals surface area contributed by atoms with Crippen LogP contribution in [0.1, 0.15) is 33.1 Å². The highest BCUT2D eigenvalue weighted by Gasteiger charge is 2.17. The molecular weight excluding hydrogens is 158 g/mol. The van der Waals surface area contributed by atoms with Gasteiger partial charge < -0.3 is 0 Å². The Morgan fingerprint density at radius 2 is 2.38 bits per heavy atom. The van der Waals surface area contributed by atoms with E-state index in [1.54, 1.807) is 0 Å². The molecule has 0 saturated carbocycles. The fraction of sp³-hybridized carbons (Fsp3) is 0.667. The molecule has 0 amide bonds. The van der Waals surface area contributed by atoms with Gasteiger partial charge in [-0.05, 0) is 38.3 Å². The molecule has 73 valence electrons. The number of likely N-dealkylation sites (tertiary alicyclic amines) is 1. The summed E-state index contributed by atoms with van der Waals surface area (Å²) in [5.41, 5.74) is 0.979. The van der Waals surface area contributed by atoms with Crippen molar-refractivity contribution in [2.75, 3.05) is 13.1 Å². The summed E-state index contributed by atoms with van der Waals surface area (Å²) in [6, 6.07) is 0.757. The Balaban J connectivity index is 2.25. The van der Waals surface area contributed by atoms with Gasteiger partial charge in [0.2, 0.25) is 0 Å². The van der Waals surface area contributed by atoms with E-state index in [4.69, 9.17) is 6.58 Å². The third-order valence-electron chi connectivity index (χ3n) is 2.77. The first-order valence-electron chi connectivity index (χ1n) is 5.26. The Morgan fingerprint density at radius 3 is 2.92 bits per heavy atom. The van der Waals surface area contributed by atoms with Crippen LogP contribution in [0.5, 0.6) is 0 Å². The van der Waals surface area contributed by atoms with Crippen LogP contribution in [-0.4, -0.2) is 24.0 Å². The smallest absolute Gasteiger partial charge is 0.0169 e. The highest BCUT2D eigenvalue weighted by Crippen LogP contribution is 2.15. The van der Waals surface area contributed by atoms with Crippen LogP contribution in [0.4, 0.5) is 0 Å². The van der Waals surface area contributed by atoms with E-state index in [9.17, 15) is 0 Å². The van der Waals surface area contributed by atoms with Crippen LogP contribution in [0.3, 0.4) is 0 Å². The normalized spacial score (nSPS) is 24.3. The lowest BCUT2D eigenvalue weighted by molar-refractivity contribution is 0.298. The molecule has 1 aliphatic heterocycles. The average molecular weight is 178 g/mol. The van der Waals surface area contributed by atoms with E-state index in [-0.39, 0.29) is 0 Å². The van der Waals surface area contributed by atoms with Crippen molar-refractivity contribution >= 4 is 0 Å². The van der Waals surface area contributed by atoms with Gasteiger partial charge in [-0.25, -0.2) is 0 Å². The molecule has 13 heavy (non-hydrogen) atoms. The maximum Gasteiger partial charge on any atom is 0.0169 e. The second-order valence-electron chi connectivity index (χ2n) is 3.82. The Morgan fingerprint density at radius 1 is 1.62 bits per heavy atom. The van der Waals surface area contributed by atoms with E-state index in [0.29, 0.717) is 0 Å². The summed E-state index contributed by atoms with van der Waals surface area (Å²) in [6.45, 7) is 12.4. The molecule has 1 heterocycles. The van der Waals surface area contributed by atoms with Crippen molar-refractivity contribution in [3.05, 3.63) is 24.3 Å². The van der Waals surface area contributed by atoms with Gasteiger partial charge in [0.15, 0.2) is 0 Å². The maximum atomic E-state index is 5.70. The summed E-state index contributed by atoms with van der Waals surface area (Å²) in [6.07, 6.45) is 7.88. The van der Waals surface area contributed by atoms with E-state index in [1.165, 1.54) is 19.4 Å². The van der Waals surface area contributed by atoms with Gasteiger partial charge >= 0.3 is 0 Å². The SMILES string of the molecule is [CH]=C(/C=C/CN1CCCC1C)CC. The van der Waals surface area contributed by atoms with Crippen LogP contribution in [-0.2, 0) is 0 Å². The van der Waals surface area contributed by atoms with Gasteiger partial charge in [-0.2, -0.15) is 0 Å². The molecule has 0 bridgehead atoms. The van der Waals surface area contributed by atoms with Crippen LogP contribution in [0.2, 0.25) is 0 Å². The highest BCUT2D eigenvalue weighted by molar-refractivity contribution is 5.12. The highest BCUT2D eigenvalue weighted by atomic mass is 15.2. The topological polar surface area (TPSA) is 3.24 Å². The summed E-state index contributed by atoms with van der Waals surface area (Å²) in [7, 11) is 0. The van der Waals surface area contributed by atoms with Crippen LogP contribution in [0, 0.1) is 6.58 Å². The third kappa shape index (κ3) is 3.35. The summed E-state index contributed by atoms with van der Waals surface area (Å²) in [5, 5.41) is 0. The lowest BCUT2D eigenvalue weighted by atomic mass is 10.2. The molecule has 1 fully saturated rings. The number of rotatable bonds is 4. The molecule has 0 aromatic carbocycles. The number of allylic oxidation sites excluding steroid dienone is 2. The fourth-order valence-corrected chi connectivity index (χ4v) is 1.72. The van der Waals surface area contributed by atoms with Crippen molar-refractivity contribution < 1.29 is 0 Å². The molecule has 1 saturated heterocycles. The van der Waals surface area contributed by atoms with Gasteiger partial charge in [-0.15, -0.1) is 0 Å². The zero-order valence-electron chi connectivity index (χ0n) is 8.79. The maximum absolute atomic E-state index is 5.70. The van der Waals surface area contributed by atoms with Crippen molar-refractivity contribution in [3.8, 4) is 0 Å². The van der Waals surface area contributed by atoms with E-state index in [0.717, 1.165) is 24.6 Å². The number of hydrogen-bond acceptors (Lipinski definition) is 1. The van der Waals surface area contributed by atoms with Crippen molar-refractivity contribution in [2.45, 2.75) is 39.2 Å². The molecule has 1 nitrogen and oxygen atoms in total. The second kappa shape index (κ2) is 5.23. The first-order valence-corrected chi connectivity index (χ1v) is 5.26. The molecule has 1 unspecified atom stereocenters. The van der Waals surface area contributed by atoms with E-state index in [2.05, 4.69) is 24.8 Å². The Hall–Kier alpha value is -0.560. The molecule has 1 aliphatic rings. The van der Waals surface area contributed by atoms with Gasteiger partial charge in [0, 0.05) is 12.6 Å². The summed E-state index contributed by atoms with van der Waals surface area (Å²) < 4.78 is 0. The van der Waals surface area contributed by atoms with Crippen LogP contribution in [0.15, 0.2) is 17.7 Å². The Kier molecular flexibility index (Phi) is 4.23. The van der Waals surface area contributed by atoms with Gasteiger partial charge in [0.1, 0.15) is 0 Å². The minimum Gasteiger partial charge on any atom is -0.297 e. The standard InChI is InChI=1S/C12H20N/c1-4-11(2)7-5-9-13-10-6-8-12(13)3/h2,5,7,12H,4,6,8-10H2,1,3H3/b7-5+,11-2?. The number of nitrogens with zero attached hydrogens (tertiary/aromatic N) is 1. The molecule has 1 rings (SSSR count). The molecule has 1 radical (unpaired) electrons. The molecule has 1 heteroatoms. The van der Waals surface area contributed by atoms with Crippen molar-refractivity contribution in [1.29, 1.82) is 0 Å². The lowest BCUT2D eigenvalue weighted by Gasteiger charge is -2.18. The minimum absolute atomic E-state index is 0.757. The third-order valence-corrected chi connectivity index (χ3v) is 2.77. The van der Waals surface area contributed by atoms with Gasteiger partial charge in [0.25, 0.3) is 0 Å². The monoisotopic (exact) mass is 178 g/mol. The quantitative estimate of drug-likeness (QED) is 0.598. The zero-order valence-corrected chi connectivity index (χ0v) is 8.79.